The number of aromatic nitrogens is 2. The van der Waals surface area contributed by atoms with E-state index in [1.165, 1.54) is 11.5 Å². The van der Waals surface area contributed by atoms with Gasteiger partial charge in [-0.2, -0.15) is 4.37 Å². The van der Waals surface area contributed by atoms with Crippen molar-refractivity contribution >= 4 is 26.5 Å². The zero-order valence-electron chi connectivity index (χ0n) is 11.8. The normalized spacial score (nSPS) is 26.8. The molecule has 0 spiro atoms. The van der Waals surface area contributed by atoms with Crippen molar-refractivity contribution in [3.05, 3.63) is 5.82 Å². The van der Waals surface area contributed by atoms with E-state index in [1.807, 2.05) is 0 Å². The highest BCUT2D eigenvalue weighted by atomic mass is 32.2. The van der Waals surface area contributed by atoms with Gasteiger partial charge in [0.15, 0.2) is 9.84 Å². The predicted molar refractivity (Wildman–Crippen MR) is 80.2 cm³/mol. The highest BCUT2D eigenvalue weighted by Crippen LogP contribution is 2.25. The summed E-state index contributed by atoms with van der Waals surface area (Å²) in [6.07, 6.45) is 0. The van der Waals surface area contributed by atoms with Gasteiger partial charge in [0, 0.05) is 49.7 Å². The van der Waals surface area contributed by atoms with Crippen LogP contribution in [-0.2, 0) is 9.84 Å². The Bertz CT molecular complexity index is 584. The van der Waals surface area contributed by atoms with Gasteiger partial charge in [0.05, 0.1) is 11.5 Å². The molecule has 0 bridgehead atoms. The third-order valence-corrected chi connectivity index (χ3v) is 6.45. The van der Waals surface area contributed by atoms with Crippen molar-refractivity contribution in [3.8, 4) is 0 Å². The van der Waals surface area contributed by atoms with Crippen LogP contribution in [0.5, 0.6) is 0 Å². The van der Waals surface area contributed by atoms with Crippen molar-refractivity contribution in [1.29, 1.82) is 0 Å². The lowest BCUT2D eigenvalue weighted by atomic mass is 10.2. The van der Waals surface area contributed by atoms with Gasteiger partial charge >= 0.3 is 0 Å². The van der Waals surface area contributed by atoms with Crippen molar-refractivity contribution in [2.45, 2.75) is 25.8 Å². The van der Waals surface area contributed by atoms with Crippen LogP contribution in [0.25, 0.3) is 0 Å². The summed E-state index contributed by atoms with van der Waals surface area (Å²) >= 11 is 1.42. The number of sulfone groups is 1. The summed E-state index contributed by atoms with van der Waals surface area (Å²) in [5.74, 6) is 1.79. The molecule has 2 aliphatic heterocycles. The van der Waals surface area contributed by atoms with Crippen molar-refractivity contribution in [3.63, 3.8) is 0 Å². The lowest BCUT2D eigenvalue weighted by Gasteiger charge is -2.43. The molecule has 1 aromatic heterocycles. The van der Waals surface area contributed by atoms with E-state index in [-0.39, 0.29) is 11.8 Å². The molecule has 0 N–H and O–H groups in total. The molecule has 112 valence electrons. The molecule has 2 saturated heterocycles. The van der Waals surface area contributed by atoms with Crippen LogP contribution in [0.4, 0.5) is 5.13 Å². The monoisotopic (exact) mass is 316 g/mol. The number of fused-ring (bicyclic) bond motifs is 1. The van der Waals surface area contributed by atoms with E-state index in [1.54, 1.807) is 0 Å². The number of anilines is 1. The van der Waals surface area contributed by atoms with Crippen LogP contribution < -0.4 is 4.90 Å². The first-order valence-corrected chi connectivity index (χ1v) is 9.57. The van der Waals surface area contributed by atoms with Gasteiger partial charge < -0.3 is 4.90 Å². The summed E-state index contributed by atoms with van der Waals surface area (Å²) in [7, 11) is -2.87. The molecule has 6 nitrogen and oxygen atoms in total. The second-order valence-electron chi connectivity index (χ2n) is 5.84. The third-order valence-electron chi connectivity index (χ3n) is 3.96. The Labute approximate surface area is 123 Å². The zero-order valence-corrected chi connectivity index (χ0v) is 13.5. The van der Waals surface area contributed by atoms with E-state index in [2.05, 4.69) is 33.0 Å². The molecule has 1 aromatic rings. The van der Waals surface area contributed by atoms with Crippen molar-refractivity contribution < 1.29 is 8.42 Å². The van der Waals surface area contributed by atoms with Crippen LogP contribution in [-0.4, -0.2) is 66.4 Å². The maximum atomic E-state index is 11.8. The van der Waals surface area contributed by atoms with E-state index in [0.717, 1.165) is 30.6 Å². The number of hydrogen-bond donors (Lipinski definition) is 0. The van der Waals surface area contributed by atoms with E-state index in [9.17, 15) is 8.42 Å². The summed E-state index contributed by atoms with van der Waals surface area (Å²) in [5.41, 5.74) is 0. The van der Waals surface area contributed by atoms with Crippen LogP contribution in [0, 0.1) is 0 Å². The van der Waals surface area contributed by atoms with Crippen molar-refractivity contribution in [2.75, 3.05) is 42.6 Å². The first-order chi connectivity index (χ1) is 9.44. The molecule has 1 atom stereocenters. The van der Waals surface area contributed by atoms with E-state index >= 15 is 0 Å². The molecule has 0 aromatic carbocycles. The first kappa shape index (κ1) is 14.2. The number of hydrogen-bond acceptors (Lipinski definition) is 7. The topological polar surface area (TPSA) is 66.4 Å². The van der Waals surface area contributed by atoms with Crippen LogP contribution in [0.2, 0.25) is 0 Å². The zero-order chi connectivity index (χ0) is 14.3. The number of nitrogens with zero attached hydrogens (tertiary/aromatic N) is 4. The first-order valence-electron chi connectivity index (χ1n) is 6.97. The van der Waals surface area contributed by atoms with Crippen molar-refractivity contribution in [2.24, 2.45) is 0 Å². The Balaban J connectivity index is 1.73. The number of piperazine rings is 1. The van der Waals surface area contributed by atoms with Crippen molar-refractivity contribution in [1.82, 2.24) is 14.3 Å². The minimum Gasteiger partial charge on any atom is -0.344 e. The molecule has 3 heterocycles. The van der Waals surface area contributed by atoms with Crippen LogP contribution in [0.15, 0.2) is 0 Å². The second kappa shape index (κ2) is 5.23. The molecule has 8 heteroatoms. The maximum Gasteiger partial charge on any atom is 0.205 e. The molecule has 2 aliphatic rings. The SMILES string of the molecule is CC(C)c1nsc(N2CCN3CCS(=O)(=O)CC3C2)n1. The van der Waals surface area contributed by atoms with E-state index in [0.29, 0.717) is 18.2 Å². The standard InChI is InChI=1S/C12H20N4O2S2/c1-9(2)11-13-12(19-14-11)16-4-3-15-5-6-20(17,18)8-10(15)7-16/h9-10H,3-8H2,1-2H3. The quantitative estimate of drug-likeness (QED) is 0.795. The minimum absolute atomic E-state index is 0.105. The molecular weight excluding hydrogens is 296 g/mol. The average molecular weight is 316 g/mol. The molecule has 0 aliphatic carbocycles. The highest BCUT2D eigenvalue weighted by molar-refractivity contribution is 7.91. The second-order valence-corrected chi connectivity index (χ2v) is 8.80. The smallest absolute Gasteiger partial charge is 0.205 e. The van der Waals surface area contributed by atoms with Crippen LogP contribution in [0.1, 0.15) is 25.6 Å². The Hall–Kier alpha value is -0.730. The predicted octanol–water partition coefficient (Wildman–Crippen LogP) is 0.581. The lowest BCUT2D eigenvalue weighted by Crippen LogP contribution is -2.59. The fraction of sp³-hybridized carbons (Fsp3) is 0.833. The largest absolute Gasteiger partial charge is 0.344 e. The Morgan fingerprint density at radius 2 is 2.10 bits per heavy atom. The Kier molecular flexibility index (Phi) is 3.72. The van der Waals surface area contributed by atoms with E-state index < -0.39 is 9.84 Å². The summed E-state index contributed by atoms with van der Waals surface area (Å²) in [4.78, 5) is 9.05. The molecule has 0 radical (unpaired) electrons. The molecule has 20 heavy (non-hydrogen) atoms. The van der Waals surface area contributed by atoms with Gasteiger partial charge in [-0.15, -0.1) is 0 Å². The van der Waals surface area contributed by atoms with Gasteiger partial charge in [0.1, 0.15) is 5.82 Å². The van der Waals surface area contributed by atoms with Gasteiger partial charge in [-0.25, -0.2) is 13.4 Å². The van der Waals surface area contributed by atoms with Crippen LogP contribution >= 0.6 is 11.5 Å². The third kappa shape index (κ3) is 2.82. The Morgan fingerprint density at radius 1 is 1.30 bits per heavy atom. The Morgan fingerprint density at radius 3 is 2.80 bits per heavy atom. The van der Waals surface area contributed by atoms with E-state index in [4.69, 9.17) is 0 Å². The average Bonchev–Trinajstić information content (AvgIpc) is 2.86. The molecule has 3 rings (SSSR count). The molecule has 0 saturated carbocycles. The lowest BCUT2D eigenvalue weighted by molar-refractivity contribution is 0.193. The maximum absolute atomic E-state index is 11.8. The summed E-state index contributed by atoms with van der Waals surface area (Å²) < 4.78 is 27.9. The van der Waals surface area contributed by atoms with Crippen LogP contribution in [0.3, 0.4) is 0 Å². The fourth-order valence-corrected chi connectivity index (χ4v) is 5.17. The summed E-state index contributed by atoms with van der Waals surface area (Å²) in [6, 6.07) is 0.105. The van der Waals surface area contributed by atoms with Gasteiger partial charge in [0.2, 0.25) is 5.13 Å². The molecule has 0 amide bonds. The summed E-state index contributed by atoms with van der Waals surface area (Å²) in [6.45, 7) is 7.40. The van der Waals surface area contributed by atoms with Gasteiger partial charge in [-0.1, -0.05) is 13.8 Å². The van der Waals surface area contributed by atoms with Gasteiger partial charge in [-0.3, -0.25) is 4.90 Å². The van der Waals surface area contributed by atoms with Gasteiger partial charge in [0.25, 0.3) is 0 Å². The molecule has 2 fully saturated rings. The summed E-state index contributed by atoms with van der Waals surface area (Å²) in [5, 5.41) is 0.927. The molecular formula is C12H20N4O2S2. The fourth-order valence-electron chi connectivity index (χ4n) is 2.74. The minimum atomic E-state index is -2.87. The van der Waals surface area contributed by atoms with Gasteiger partial charge in [-0.05, 0) is 0 Å². The molecule has 1 unspecified atom stereocenters. The number of rotatable bonds is 2. The highest BCUT2D eigenvalue weighted by Gasteiger charge is 2.36.